The first-order valence-corrected chi connectivity index (χ1v) is 16.6. The van der Waals surface area contributed by atoms with Crippen LogP contribution in [-0.2, 0) is 31.6 Å². The molecule has 2 aliphatic rings. The number of nitrogens with zero attached hydrogens (tertiary/aromatic N) is 7. The molecule has 0 radical (unpaired) electrons. The largest absolute Gasteiger partial charge is 0.331 e. The minimum absolute atomic E-state index is 0.154. The van der Waals surface area contributed by atoms with Gasteiger partial charge in [-0.2, -0.15) is 25.4 Å². The van der Waals surface area contributed by atoms with Gasteiger partial charge in [0.15, 0.2) is 0 Å². The van der Waals surface area contributed by atoms with E-state index in [-0.39, 0.29) is 23.6 Å². The summed E-state index contributed by atoms with van der Waals surface area (Å²) in [5, 5.41) is 0. The highest BCUT2D eigenvalue weighted by molar-refractivity contribution is 7.87. The summed E-state index contributed by atoms with van der Waals surface area (Å²) >= 11 is 0. The van der Waals surface area contributed by atoms with Gasteiger partial charge in [-0.1, -0.05) is 60.7 Å². The molecule has 0 bridgehead atoms. The van der Waals surface area contributed by atoms with E-state index < -0.39 is 32.3 Å². The van der Waals surface area contributed by atoms with Gasteiger partial charge in [-0.05, 0) is 23.5 Å². The molecule has 14 heteroatoms. The number of amides is 1. The van der Waals surface area contributed by atoms with Gasteiger partial charge >= 0.3 is 20.4 Å². The maximum atomic E-state index is 14.6. The maximum Gasteiger partial charge on any atom is 0.308 e. The number of fused-ring (bicyclic) bond motifs is 2. The van der Waals surface area contributed by atoms with E-state index in [9.17, 15) is 21.6 Å². The van der Waals surface area contributed by atoms with E-state index in [0.717, 1.165) is 27.7 Å². The Bertz CT molecular complexity index is 1830. The van der Waals surface area contributed by atoms with Gasteiger partial charge in [0.25, 0.3) is 0 Å². The molecule has 12 nitrogen and oxygen atoms in total. The van der Waals surface area contributed by atoms with Crippen molar-refractivity contribution in [2.45, 2.75) is 18.4 Å². The van der Waals surface area contributed by atoms with E-state index in [0.29, 0.717) is 24.4 Å². The van der Waals surface area contributed by atoms with Gasteiger partial charge in [-0.15, -0.1) is 0 Å². The number of likely N-dealkylation sites (tertiary alicyclic amines) is 1. The molecule has 1 aliphatic carbocycles. The molecule has 3 heterocycles. The highest BCUT2D eigenvalue weighted by Crippen LogP contribution is 2.49. The van der Waals surface area contributed by atoms with Crippen LogP contribution in [0.4, 0.5) is 0 Å². The smallest absolute Gasteiger partial charge is 0.308 e. The fourth-order valence-corrected chi connectivity index (χ4v) is 8.03. The molecule has 2 aromatic heterocycles. The predicted octanol–water partition coefficient (Wildman–Crippen LogP) is 1.94. The standard InChI is InChI=1S/C29H33N7O5S2/c1-32(2)42(38,39)34-17-24(30-18-34)26-25-22(15-23-28(26)36(19-31-23)43(40,41)33(3)4)16-35(29(25)37)27(20-11-7-5-8-12-20)21-13-9-6-10-14-21/h5-14,17-19,22,25-27H,15-16H2,1-4H3/t22-,25-,26+/m1/s1. The Hall–Kier alpha value is -3.85. The zero-order valence-corrected chi connectivity index (χ0v) is 25.9. The fraction of sp³-hybridized carbons (Fsp3) is 0.345. The summed E-state index contributed by atoms with van der Waals surface area (Å²) < 4.78 is 57.0. The van der Waals surface area contributed by atoms with Crippen LogP contribution in [0.15, 0.2) is 79.5 Å². The van der Waals surface area contributed by atoms with Gasteiger partial charge in [-0.3, -0.25) is 4.79 Å². The summed E-state index contributed by atoms with van der Waals surface area (Å²) in [6.07, 6.45) is 4.21. The summed E-state index contributed by atoms with van der Waals surface area (Å²) in [5.74, 6) is -1.91. The lowest BCUT2D eigenvalue weighted by molar-refractivity contribution is -0.133. The number of aromatic nitrogens is 4. The number of benzene rings is 2. The van der Waals surface area contributed by atoms with Crippen LogP contribution in [-0.4, -0.2) is 88.9 Å². The first-order chi connectivity index (χ1) is 20.4. The normalized spacial score (nSPS) is 20.7. The van der Waals surface area contributed by atoms with Gasteiger partial charge in [0.05, 0.1) is 35.0 Å². The van der Waals surface area contributed by atoms with Crippen LogP contribution in [0, 0.1) is 11.8 Å². The van der Waals surface area contributed by atoms with Crippen LogP contribution in [0.2, 0.25) is 0 Å². The summed E-state index contributed by atoms with van der Waals surface area (Å²) in [6, 6.07) is 19.2. The number of hydrogen-bond acceptors (Lipinski definition) is 7. The molecule has 1 aliphatic heterocycles. The number of rotatable bonds is 8. The molecule has 4 aromatic rings. The highest BCUT2D eigenvalue weighted by atomic mass is 32.2. The Morgan fingerprint density at radius 3 is 1.95 bits per heavy atom. The van der Waals surface area contributed by atoms with Crippen molar-refractivity contribution in [2.24, 2.45) is 11.8 Å². The lowest BCUT2D eigenvalue weighted by Crippen LogP contribution is -2.38. The third-order valence-corrected chi connectivity index (χ3v) is 11.7. The molecular weight excluding hydrogens is 590 g/mol. The van der Waals surface area contributed by atoms with Crippen molar-refractivity contribution >= 4 is 26.3 Å². The second kappa shape index (κ2) is 10.7. The van der Waals surface area contributed by atoms with Crippen LogP contribution < -0.4 is 0 Å². The molecule has 0 unspecified atom stereocenters. The molecule has 6 rings (SSSR count). The number of carbonyl (C=O) groups excluding carboxylic acids is 1. The van der Waals surface area contributed by atoms with Gasteiger partial charge in [0.1, 0.15) is 12.7 Å². The van der Waals surface area contributed by atoms with Crippen molar-refractivity contribution in [3.63, 3.8) is 0 Å². The molecule has 1 amide bonds. The summed E-state index contributed by atoms with van der Waals surface area (Å²) in [5.41, 5.74) is 3.06. The SMILES string of the molecule is CN(C)S(=O)(=O)n1cnc([C@@H]2c3c(ncn3S(=O)(=O)N(C)C)C[C@@H]3CN(C(c4ccccc4)c4ccccc4)C(=O)[C@H]32)c1. The average Bonchev–Trinajstić information content (AvgIpc) is 3.72. The Morgan fingerprint density at radius 1 is 0.814 bits per heavy atom. The lowest BCUT2D eigenvalue weighted by atomic mass is 9.73. The summed E-state index contributed by atoms with van der Waals surface area (Å²) in [4.78, 5) is 25.4. The molecule has 3 atom stereocenters. The Kier molecular flexibility index (Phi) is 7.27. The predicted molar refractivity (Wildman–Crippen MR) is 159 cm³/mol. The van der Waals surface area contributed by atoms with Crippen molar-refractivity contribution in [3.05, 3.63) is 108 Å². The van der Waals surface area contributed by atoms with Gasteiger partial charge in [0, 0.05) is 40.9 Å². The minimum atomic E-state index is -4.01. The maximum absolute atomic E-state index is 14.6. The number of hydrogen-bond donors (Lipinski definition) is 0. The van der Waals surface area contributed by atoms with E-state index in [2.05, 4.69) is 9.97 Å². The van der Waals surface area contributed by atoms with E-state index in [1.54, 1.807) is 0 Å². The van der Waals surface area contributed by atoms with E-state index >= 15 is 0 Å². The summed E-state index contributed by atoms with van der Waals surface area (Å²) in [6.45, 7) is 0.415. The Morgan fingerprint density at radius 2 is 1.40 bits per heavy atom. The Labute approximate surface area is 251 Å². The fourth-order valence-electron chi connectivity index (χ4n) is 6.26. The lowest BCUT2D eigenvalue weighted by Gasteiger charge is -2.32. The monoisotopic (exact) mass is 623 g/mol. The first kappa shape index (κ1) is 29.2. The van der Waals surface area contributed by atoms with Crippen LogP contribution in [0.1, 0.15) is 40.2 Å². The molecule has 1 saturated heterocycles. The molecule has 2 aromatic carbocycles. The van der Waals surface area contributed by atoms with Crippen LogP contribution in [0.5, 0.6) is 0 Å². The molecule has 0 N–H and O–H groups in total. The second-order valence-corrected chi connectivity index (χ2v) is 15.3. The highest BCUT2D eigenvalue weighted by Gasteiger charge is 2.54. The molecule has 1 fully saturated rings. The van der Waals surface area contributed by atoms with E-state index in [4.69, 9.17) is 0 Å². The Balaban J connectivity index is 1.51. The number of imidazole rings is 2. The van der Waals surface area contributed by atoms with Crippen molar-refractivity contribution in [2.75, 3.05) is 34.7 Å². The van der Waals surface area contributed by atoms with Crippen molar-refractivity contribution in [1.29, 1.82) is 0 Å². The van der Waals surface area contributed by atoms with Crippen molar-refractivity contribution < 1.29 is 21.6 Å². The molecule has 43 heavy (non-hydrogen) atoms. The molecule has 226 valence electrons. The minimum Gasteiger partial charge on any atom is -0.331 e. The first-order valence-electron chi connectivity index (χ1n) is 13.8. The van der Waals surface area contributed by atoms with Gasteiger partial charge in [-0.25, -0.2) is 17.9 Å². The van der Waals surface area contributed by atoms with E-state index in [1.165, 1.54) is 47.0 Å². The van der Waals surface area contributed by atoms with Crippen LogP contribution >= 0.6 is 0 Å². The summed E-state index contributed by atoms with van der Waals surface area (Å²) in [7, 11) is -2.24. The topological polar surface area (TPSA) is 131 Å². The molecular formula is C29H33N7O5S2. The quantitative estimate of drug-likeness (QED) is 0.293. The molecule has 0 spiro atoms. The van der Waals surface area contributed by atoms with Gasteiger partial charge in [0.2, 0.25) is 5.91 Å². The average molecular weight is 624 g/mol. The second-order valence-electron chi connectivity index (χ2n) is 11.3. The zero-order valence-electron chi connectivity index (χ0n) is 24.2. The molecule has 0 saturated carbocycles. The number of carbonyl (C=O) groups is 1. The third kappa shape index (κ3) is 4.78. The van der Waals surface area contributed by atoms with Gasteiger partial charge < -0.3 is 4.90 Å². The van der Waals surface area contributed by atoms with E-state index in [1.807, 2.05) is 65.6 Å². The third-order valence-electron chi connectivity index (χ3n) is 8.35. The van der Waals surface area contributed by atoms with Crippen molar-refractivity contribution in [1.82, 2.24) is 31.4 Å². The van der Waals surface area contributed by atoms with Crippen LogP contribution in [0.3, 0.4) is 0 Å². The van der Waals surface area contributed by atoms with Crippen molar-refractivity contribution in [3.8, 4) is 0 Å². The van der Waals surface area contributed by atoms with Crippen LogP contribution in [0.25, 0.3) is 0 Å². The zero-order chi connectivity index (χ0) is 30.7.